The molecule has 2 aromatic carbocycles. The summed E-state index contributed by atoms with van der Waals surface area (Å²) >= 11 is 1.40. The molecule has 1 aliphatic heterocycles. The molecule has 4 rings (SSSR count). The first-order valence-corrected chi connectivity index (χ1v) is 10.3. The lowest BCUT2D eigenvalue weighted by Gasteiger charge is -2.30. The van der Waals surface area contributed by atoms with E-state index in [1.165, 1.54) is 11.8 Å². The van der Waals surface area contributed by atoms with E-state index >= 15 is 0 Å². The molecule has 28 heavy (non-hydrogen) atoms. The van der Waals surface area contributed by atoms with Crippen molar-refractivity contribution in [3.05, 3.63) is 59.7 Å². The van der Waals surface area contributed by atoms with Crippen LogP contribution in [0.3, 0.4) is 0 Å². The van der Waals surface area contributed by atoms with E-state index in [1.54, 1.807) is 4.90 Å². The van der Waals surface area contributed by atoms with Crippen LogP contribution in [-0.4, -0.2) is 27.3 Å². The Bertz CT molecular complexity index is 1020. The van der Waals surface area contributed by atoms with Crippen LogP contribution in [0.15, 0.2) is 53.7 Å². The van der Waals surface area contributed by atoms with Gasteiger partial charge in [-0.1, -0.05) is 66.7 Å². The number of ether oxygens (including phenoxy) is 1. The normalized spacial score (nSPS) is 15.2. The quantitative estimate of drug-likeness (QED) is 0.615. The highest BCUT2D eigenvalue weighted by molar-refractivity contribution is 7.98. The topological polar surface area (TPSA) is 68.2 Å². The molecule has 0 aliphatic carbocycles. The average Bonchev–Trinajstić information content (AvgIpc) is 2.88. The minimum Gasteiger partial charge on any atom is -0.447 e. The van der Waals surface area contributed by atoms with Gasteiger partial charge < -0.3 is 4.74 Å². The molecule has 0 unspecified atom stereocenters. The number of carbonyl (C=O) groups excluding carboxylic acids is 1. The smallest absolute Gasteiger partial charge is 0.247 e. The highest BCUT2D eigenvalue weighted by atomic mass is 32.2. The summed E-state index contributed by atoms with van der Waals surface area (Å²) in [6.07, 6.45) is 1.60. The molecule has 0 bridgehead atoms. The van der Waals surface area contributed by atoms with Crippen LogP contribution in [-0.2, 0) is 4.79 Å². The Morgan fingerprint density at radius 3 is 2.61 bits per heavy atom. The number of hydrogen-bond donors (Lipinski definition) is 0. The van der Waals surface area contributed by atoms with Gasteiger partial charge in [0.2, 0.25) is 23.2 Å². The largest absolute Gasteiger partial charge is 0.447 e. The van der Waals surface area contributed by atoms with Crippen LogP contribution in [0.1, 0.15) is 30.7 Å². The predicted octanol–water partition coefficient (Wildman–Crippen LogP) is 4.40. The van der Waals surface area contributed by atoms with Crippen molar-refractivity contribution in [1.82, 2.24) is 15.2 Å². The third-order valence-corrected chi connectivity index (χ3v) is 5.17. The summed E-state index contributed by atoms with van der Waals surface area (Å²) in [5.74, 6) is 0.340. The highest BCUT2D eigenvalue weighted by Crippen LogP contribution is 2.43. The molecular weight excluding hydrogens is 372 g/mol. The molecule has 0 saturated heterocycles. The molecule has 1 aliphatic rings. The van der Waals surface area contributed by atoms with Crippen molar-refractivity contribution in [2.75, 3.05) is 11.2 Å². The van der Waals surface area contributed by atoms with E-state index < -0.39 is 6.23 Å². The lowest BCUT2D eigenvalue weighted by Crippen LogP contribution is -2.37. The van der Waals surface area contributed by atoms with Gasteiger partial charge in [0, 0.05) is 17.5 Å². The summed E-state index contributed by atoms with van der Waals surface area (Å²) in [4.78, 5) is 19.2. The van der Waals surface area contributed by atoms with Crippen LogP contribution in [0.2, 0.25) is 0 Å². The molecule has 7 heteroatoms. The summed E-state index contributed by atoms with van der Waals surface area (Å²) < 4.78 is 6.32. The number of carbonyl (C=O) groups is 1. The summed E-state index contributed by atoms with van der Waals surface area (Å²) in [5, 5.41) is 9.05. The van der Waals surface area contributed by atoms with Gasteiger partial charge in [-0.2, -0.15) is 4.98 Å². The van der Waals surface area contributed by atoms with Crippen LogP contribution in [0.5, 0.6) is 5.88 Å². The maximum absolute atomic E-state index is 13.0. The highest BCUT2D eigenvalue weighted by Gasteiger charge is 2.35. The summed E-state index contributed by atoms with van der Waals surface area (Å²) in [5.41, 5.74) is 4.07. The predicted molar refractivity (Wildman–Crippen MR) is 109 cm³/mol. The molecule has 1 aromatic heterocycles. The number of aromatic nitrogens is 3. The van der Waals surface area contributed by atoms with Gasteiger partial charge in [0.25, 0.3) is 0 Å². The van der Waals surface area contributed by atoms with Gasteiger partial charge in [-0.25, -0.2) is 0 Å². The molecular formula is C21H20N4O2S. The zero-order valence-corrected chi connectivity index (χ0v) is 16.7. The molecule has 0 fully saturated rings. The van der Waals surface area contributed by atoms with Gasteiger partial charge in [0.05, 0.1) is 5.69 Å². The van der Waals surface area contributed by atoms with Gasteiger partial charge in [-0.05, 0) is 19.2 Å². The van der Waals surface area contributed by atoms with Gasteiger partial charge in [-0.3, -0.25) is 9.69 Å². The SMILES string of the molecule is CCC(=O)N1c2ccccc2-c2nnc(SC)nc2O[C@@H]1c1ccc(C)cc1. The van der Waals surface area contributed by atoms with E-state index in [-0.39, 0.29) is 5.91 Å². The molecule has 0 radical (unpaired) electrons. The number of rotatable bonds is 3. The first-order chi connectivity index (χ1) is 13.6. The molecule has 0 saturated carbocycles. The zero-order chi connectivity index (χ0) is 19.7. The number of aryl methyl sites for hydroxylation is 1. The maximum atomic E-state index is 13.0. The van der Waals surface area contributed by atoms with Crippen LogP contribution in [0.4, 0.5) is 5.69 Å². The van der Waals surface area contributed by atoms with E-state index in [4.69, 9.17) is 4.74 Å². The minimum absolute atomic E-state index is 0.0381. The number of nitrogens with zero attached hydrogens (tertiary/aromatic N) is 4. The molecule has 2 heterocycles. The van der Waals surface area contributed by atoms with Crippen molar-refractivity contribution in [3.63, 3.8) is 0 Å². The second-order valence-corrected chi connectivity index (χ2v) is 7.24. The second-order valence-electron chi connectivity index (χ2n) is 6.47. The van der Waals surface area contributed by atoms with Crippen LogP contribution < -0.4 is 9.64 Å². The van der Waals surface area contributed by atoms with E-state index in [1.807, 2.05) is 68.6 Å². The monoisotopic (exact) mass is 392 g/mol. The molecule has 1 atom stereocenters. The number of thioether (sulfide) groups is 1. The van der Waals surface area contributed by atoms with Gasteiger partial charge in [-0.15, -0.1) is 10.2 Å². The first kappa shape index (κ1) is 18.4. The fourth-order valence-corrected chi connectivity index (χ4v) is 3.48. The lowest BCUT2D eigenvalue weighted by atomic mass is 10.1. The second kappa shape index (κ2) is 7.59. The summed E-state index contributed by atoms with van der Waals surface area (Å²) in [6, 6.07) is 15.6. The van der Waals surface area contributed by atoms with Crippen LogP contribution in [0, 0.1) is 6.92 Å². The number of hydrogen-bond acceptors (Lipinski definition) is 6. The maximum Gasteiger partial charge on any atom is 0.247 e. The fourth-order valence-electron chi connectivity index (χ4n) is 3.19. The number of benzene rings is 2. The summed E-state index contributed by atoms with van der Waals surface area (Å²) in [7, 11) is 0. The number of anilines is 1. The summed E-state index contributed by atoms with van der Waals surface area (Å²) in [6.45, 7) is 3.87. The standard InChI is InChI=1S/C21H20N4O2S/c1-4-17(26)25-16-8-6-5-7-15(16)18-19(22-21(28-3)24-23-18)27-20(25)14-11-9-13(2)10-12-14/h5-12,20H,4H2,1-3H3/t20-/m1/s1. The number of para-hydroxylation sites is 1. The van der Waals surface area contributed by atoms with Crippen LogP contribution >= 0.6 is 11.8 Å². The van der Waals surface area contributed by atoms with Gasteiger partial charge >= 0.3 is 0 Å². The van der Waals surface area contributed by atoms with Crippen molar-refractivity contribution in [2.45, 2.75) is 31.7 Å². The van der Waals surface area contributed by atoms with Crippen molar-refractivity contribution in [3.8, 4) is 17.1 Å². The van der Waals surface area contributed by atoms with E-state index in [2.05, 4.69) is 15.2 Å². The van der Waals surface area contributed by atoms with Crippen molar-refractivity contribution < 1.29 is 9.53 Å². The third kappa shape index (κ3) is 3.22. The Hall–Kier alpha value is -2.93. The van der Waals surface area contributed by atoms with Gasteiger partial charge in [0.15, 0.2) is 5.69 Å². The number of amides is 1. The Morgan fingerprint density at radius 1 is 1.14 bits per heavy atom. The fraction of sp³-hybridized carbons (Fsp3) is 0.238. The third-order valence-electron chi connectivity index (χ3n) is 4.63. The molecule has 142 valence electrons. The Balaban J connectivity index is 1.96. The number of fused-ring (bicyclic) bond motifs is 3. The van der Waals surface area contributed by atoms with Crippen molar-refractivity contribution in [2.24, 2.45) is 0 Å². The van der Waals surface area contributed by atoms with E-state index in [0.29, 0.717) is 23.2 Å². The van der Waals surface area contributed by atoms with E-state index in [0.717, 1.165) is 22.4 Å². The zero-order valence-electron chi connectivity index (χ0n) is 15.9. The van der Waals surface area contributed by atoms with Crippen LogP contribution in [0.25, 0.3) is 11.3 Å². The first-order valence-electron chi connectivity index (χ1n) is 9.05. The Labute approximate surface area is 168 Å². The molecule has 0 N–H and O–H groups in total. The Morgan fingerprint density at radius 2 is 1.89 bits per heavy atom. The Kier molecular flexibility index (Phi) is 5.00. The lowest BCUT2D eigenvalue weighted by molar-refractivity contribution is -0.120. The minimum atomic E-state index is -0.637. The van der Waals surface area contributed by atoms with Crippen molar-refractivity contribution in [1.29, 1.82) is 0 Å². The molecule has 3 aromatic rings. The molecule has 1 amide bonds. The van der Waals surface area contributed by atoms with E-state index in [9.17, 15) is 4.79 Å². The van der Waals surface area contributed by atoms with Crippen molar-refractivity contribution >= 4 is 23.4 Å². The van der Waals surface area contributed by atoms with Gasteiger partial charge in [0.1, 0.15) is 0 Å². The molecule has 0 spiro atoms. The molecule has 6 nitrogen and oxygen atoms in total. The average molecular weight is 392 g/mol.